The number of β-amino-alcohol motifs (C(OH)–C–C–N with tert-alkyl or cyclic N) is 1. The molecule has 8 nitrogen and oxygen atoms in total. The van der Waals surface area contributed by atoms with Crippen LogP contribution in [0, 0.1) is 0 Å². The van der Waals surface area contributed by atoms with E-state index in [1.54, 1.807) is 29.2 Å². The van der Waals surface area contributed by atoms with Gasteiger partial charge in [0.1, 0.15) is 5.60 Å². The quantitative estimate of drug-likeness (QED) is 0.767. The second-order valence-corrected chi connectivity index (χ2v) is 6.34. The lowest BCUT2D eigenvalue weighted by atomic mass is 10.0. The Morgan fingerprint density at radius 3 is 3.08 bits per heavy atom. The summed E-state index contributed by atoms with van der Waals surface area (Å²) in [7, 11) is 0. The predicted molar refractivity (Wildman–Crippen MR) is 86.5 cm³/mol. The van der Waals surface area contributed by atoms with Crippen molar-refractivity contribution < 1.29 is 9.63 Å². The zero-order valence-corrected chi connectivity index (χ0v) is 13.5. The van der Waals surface area contributed by atoms with Crippen molar-refractivity contribution in [2.75, 3.05) is 18.0 Å². The third-order valence-electron chi connectivity index (χ3n) is 4.03. The lowest BCUT2D eigenvalue weighted by molar-refractivity contribution is 0.0405. The highest BCUT2D eigenvalue weighted by Gasteiger charge is 2.38. The second kappa shape index (κ2) is 5.88. The van der Waals surface area contributed by atoms with Crippen LogP contribution in [0.4, 0.5) is 6.01 Å². The van der Waals surface area contributed by atoms with Crippen molar-refractivity contribution in [3.63, 3.8) is 0 Å². The van der Waals surface area contributed by atoms with Gasteiger partial charge in [0.2, 0.25) is 5.82 Å². The summed E-state index contributed by atoms with van der Waals surface area (Å²) < 4.78 is 6.97. The van der Waals surface area contributed by atoms with Crippen LogP contribution in [0.15, 0.2) is 41.2 Å². The molecule has 1 saturated heterocycles. The first-order valence-corrected chi connectivity index (χ1v) is 7.90. The molecular weight excluding hydrogens is 332 g/mol. The average molecular weight is 347 g/mol. The molecule has 1 fully saturated rings. The summed E-state index contributed by atoms with van der Waals surface area (Å²) in [4.78, 5) is 6.28. The molecule has 1 aliphatic heterocycles. The van der Waals surface area contributed by atoms with Crippen molar-refractivity contribution in [1.29, 1.82) is 0 Å². The van der Waals surface area contributed by atoms with Crippen LogP contribution in [0.5, 0.6) is 0 Å². The van der Waals surface area contributed by atoms with E-state index in [1.165, 1.54) is 0 Å². The summed E-state index contributed by atoms with van der Waals surface area (Å²) >= 11 is 5.99. The summed E-state index contributed by atoms with van der Waals surface area (Å²) in [6.07, 6.45) is 3.90. The molecule has 0 bridgehead atoms. The van der Waals surface area contributed by atoms with E-state index in [2.05, 4.69) is 20.5 Å². The third kappa shape index (κ3) is 2.98. The standard InChI is InChI=1S/C15H15ClN6O2/c16-12-3-1-2-11(8-12)13-18-14(24-19-13)21-6-4-15(23,9-21)10-22-7-5-17-20-22/h1-3,5,7-8,23H,4,6,9-10H2. The highest BCUT2D eigenvalue weighted by molar-refractivity contribution is 6.30. The Hall–Kier alpha value is -2.45. The summed E-state index contributed by atoms with van der Waals surface area (Å²) in [6.45, 7) is 1.39. The molecule has 2 aromatic heterocycles. The van der Waals surface area contributed by atoms with Crippen molar-refractivity contribution in [1.82, 2.24) is 25.1 Å². The van der Waals surface area contributed by atoms with Gasteiger partial charge in [0.05, 0.1) is 19.3 Å². The lowest BCUT2D eigenvalue weighted by Crippen LogP contribution is -2.37. The Balaban J connectivity index is 1.49. The molecule has 1 N–H and O–H groups in total. The summed E-state index contributed by atoms with van der Waals surface area (Å²) in [5, 5.41) is 23.0. The van der Waals surface area contributed by atoms with E-state index in [9.17, 15) is 5.11 Å². The SMILES string of the molecule is OC1(Cn2ccnn2)CCN(c2nc(-c3cccc(Cl)c3)no2)C1. The van der Waals surface area contributed by atoms with Crippen LogP contribution in [0.2, 0.25) is 5.02 Å². The van der Waals surface area contributed by atoms with E-state index >= 15 is 0 Å². The second-order valence-electron chi connectivity index (χ2n) is 5.91. The Morgan fingerprint density at radius 2 is 2.29 bits per heavy atom. The number of aliphatic hydroxyl groups is 1. The minimum atomic E-state index is -0.904. The monoisotopic (exact) mass is 346 g/mol. The van der Waals surface area contributed by atoms with Crippen LogP contribution in [-0.4, -0.2) is 48.9 Å². The van der Waals surface area contributed by atoms with Crippen molar-refractivity contribution in [3.8, 4) is 11.4 Å². The number of benzene rings is 1. The normalized spacial score (nSPS) is 20.7. The molecule has 9 heteroatoms. The van der Waals surface area contributed by atoms with Crippen LogP contribution in [-0.2, 0) is 6.54 Å². The first-order valence-electron chi connectivity index (χ1n) is 7.52. The van der Waals surface area contributed by atoms with Gasteiger partial charge in [0, 0.05) is 23.3 Å². The summed E-state index contributed by atoms with van der Waals surface area (Å²) in [5.41, 5.74) is -0.118. The fourth-order valence-electron chi connectivity index (χ4n) is 2.86. The van der Waals surface area contributed by atoms with Crippen molar-refractivity contribution in [2.45, 2.75) is 18.6 Å². The Kier molecular flexibility index (Phi) is 3.70. The molecule has 3 heterocycles. The number of hydrogen-bond donors (Lipinski definition) is 1. The van der Waals surface area contributed by atoms with Gasteiger partial charge in [-0.2, -0.15) is 4.98 Å². The fourth-order valence-corrected chi connectivity index (χ4v) is 3.05. The van der Waals surface area contributed by atoms with E-state index in [-0.39, 0.29) is 0 Å². The van der Waals surface area contributed by atoms with E-state index in [1.807, 2.05) is 17.0 Å². The molecule has 0 saturated carbocycles. The van der Waals surface area contributed by atoms with Crippen LogP contribution in [0.1, 0.15) is 6.42 Å². The molecule has 4 rings (SSSR count). The maximum absolute atomic E-state index is 10.7. The maximum atomic E-state index is 10.7. The molecule has 0 amide bonds. The van der Waals surface area contributed by atoms with Crippen LogP contribution < -0.4 is 4.90 Å². The van der Waals surface area contributed by atoms with Gasteiger partial charge in [-0.15, -0.1) is 5.10 Å². The minimum Gasteiger partial charge on any atom is -0.386 e. The zero-order chi connectivity index (χ0) is 16.6. The van der Waals surface area contributed by atoms with Crippen molar-refractivity contribution in [3.05, 3.63) is 41.7 Å². The maximum Gasteiger partial charge on any atom is 0.324 e. The van der Waals surface area contributed by atoms with Gasteiger partial charge < -0.3 is 14.5 Å². The molecule has 1 aromatic carbocycles. The summed E-state index contributed by atoms with van der Waals surface area (Å²) in [6, 6.07) is 7.66. The lowest BCUT2D eigenvalue weighted by Gasteiger charge is -2.21. The number of nitrogens with zero attached hydrogens (tertiary/aromatic N) is 6. The molecular formula is C15H15ClN6O2. The van der Waals surface area contributed by atoms with Gasteiger partial charge in [-0.3, -0.25) is 0 Å². The zero-order valence-electron chi connectivity index (χ0n) is 12.7. The minimum absolute atomic E-state index is 0.374. The highest BCUT2D eigenvalue weighted by atomic mass is 35.5. The smallest absolute Gasteiger partial charge is 0.324 e. The van der Waals surface area contributed by atoms with Gasteiger partial charge >= 0.3 is 6.01 Å². The topological polar surface area (TPSA) is 93.1 Å². The first kappa shape index (κ1) is 15.1. The molecule has 0 aliphatic carbocycles. The predicted octanol–water partition coefficient (Wildman–Crippen LogP) is 1.62. The first-order chi connectivity index (χ1) is 11.6. The number of aromatic nitrogens is 5. The molecule has 1 aliphatic rings. The van der Waals surface area contributed by atoms with Gasteiger partial charge in [0.15, 0.2) is 0 Å². The van der Waals surface area contributed by atoms with Crippen LogP contribution in [0.3, 0.4) is 0 Å². The molecule has 24 heavy (non-hydrogen) atoms. The van der Waals surface area contributed by atoms with E-state index in [4.69, 9.17) is 16.1 Å². The van der Waals surface area contributed by atoms with Crippen LogP contribution in [0.25, 0.3) is 11.4 Å². The molecule has 1 unspecified atom stereocenters. The third-order valence-corrected chi connectivity index (χ3v) is 4.26. The molecule has 0 spiro atoms. The number of anilines is 1. The Labute approximate surface area is 142 Å². The number of hydrogen-bond acceptors (Lipinski definition) is 7. The van der Waals surface area contributed by atoms with Crippen molar-refractivity contribution in [2.24, 2.45) is 0 Å². The van der Waals surface area contributed by atoms with Crippen molar-refractivity contribution >= 4 is 17.6 Å². The van der Waals surface area contributed by atoms with Gasteiger partial charge in [-0.05, 0) is 18.6 Å². The highest BCUT2D eigenvalue weighted by Crippen LogP contribution is 2.29. The van der Waals surface area contributed by atoms with E-state index in [0.29, 0.717) is 42.9 Å². The Bertz CT molecular complexity index is 836. The van der Waals surface area contributed by atoms with Gasteiger partial charge in [-0.1, -0.05) is 34.1 Å². The molecule has 1 atom stereocenters. The number of rotatable bonds is 4. The van der Waals surface area contributed by atoms with E-state index in [0.717, 1.165) is 5.56 Å². The van der Waals surface area contributed by atoms with Crippen LogP contribution >= 0.6 is 11.6 Å². The molecule has 3 aromatic rings. The van der Waals surface area contributed by atoms with Gasteiger partial charge in [-0.25, -0.2) is 4.68 Å². The molecule has 0 radical (unpaired) electrons. The summed E-state index contributed by atoms with van der Waals surface area (Å²) in [5.74, 6) is 0.471. The number of halogens is 1. The molecule has 124 valence electrons. The van der Waals surface area contributed by atoms with Gasteiger partial charge in [0.25, 0.3) is 0 Å². The largest absolute Gasteiger partial charge is 0.386 e. The van der Waals surface area contributed by atoms with E-state index < -0.39 is 5.60 Å². The fraction of sp³-hybridized carbons (Fsp3) is 0.333. The Morgan fingerprint density at radius 1 is 1.38 bits per heavy atom. The average Bonchev–Trinajstić information content (AvgIpc) is 3.28.